The van der Waals surface area contributed by atoms with Gasteiger partial charge >= 0.3 is 0 Å². The number of hydrogen-bond donors (Lipinski definition) is 1. The molecule has 3 fully saturated rings. The van der Waals surface area contributed by atoms with Crippen molar-refractivity contribution in [2.45, 2.75) is 89.9 Å². The fraction of sp³-hybridized carbons (Fsp3) is 0.905. The van der Waals surface area contributed by atoms with Gasteiger partial charge in [0.05, 0.1) is 43.4 Å². The lowest BCUT2D eigenvalue weighted by atomic mass is 10.00. The highest BCUT2D eigenvalue weighted by atomic mass is 31.1. The first-order valence-corrected chi connectivity index (χ1v) is 19.7. The molecule has 0 aromatic rings. The Bertz CT molecular complexity index is 1020. The molecule has 3 saturated heterocycles. The fourth-order valence-electron chi connectivity index (χ4n) is 5.32. The molecule has 0 radical (unpaired) electrons. The van der Waals surface area contributed by atoms with E-state index in [1.807, 2.05) is 18.9 Å². The van der Waals surface area contributed by atoms with Crippen LogP contribution in [0.15, 0.2) is 12.7 Å². The van der Waals surface area contributed by atoms with Crippen LogP contribution in [-0.4, -0.2) is 121 Å². The molecule has 3 heterocycles. The van der Waals surface area contributed by atoms with E-state index in [4.69, 9.17) is 46.5 Å². The summed E-state index contributed by atoms with van der Waals surface area (Å²) in [6, 6.07) is 0. The van der Waals surface area contributed by atoms with Crippen molar-refractivity contribution in [1.29, 1.82) is 0 Å². The Kier molecular flexibility index (Phi) is 19.9. The molecule has 0 aromatic carbocycles. The van der Waals surface area contributed by atoms with E-state index in [2.05, 4.69) is 25.5 Å². The Morgan fingerprint density at radius 1 is 0.609 bits per heavy atom. The highest BCUT2D eigenvalue weighted by Crippen LogP contribution is 2.44. The van der Waals surface area contributed by atoms with Crippen LogP contribution in [0.2, 0.25) is 0 Å². The summed E-state index contributed by atoms with van der Waals surface area (Å²) in [4.78, 5) is 0. The minimum atomic E-state index is -1.36. The van der Waals surface area contributed by atoms with Gasteiger partial charge in [-0.2, -0.15) is 0 Å². The van der Waals surface area contributed by atoms with E-state index in [9.17, 15) is 27.9 Å². The molecule has 46 heavy (non-hydrogen) atoms. The predicted octanol–water partition coefficient (Wildman–Crippen LogP) is 3.39. The molecule has 0 bridgehead atoms. The maximum absolute atomic E-state index is 12.7. The van der Waals surface area contributed by atoms with E-state index in [1.54, 1.807) is 0 Å². The fourth-order valence-corrected chi connectivity index (χ4v) is 9.80. The van der Waals surface area contributed by atoms with Gasteiger partial charge in [0.1, 0.15) is 54.0 Å². The van der Waals surface area contributed by atoms with Crippen LogP contribution < -0.4 is 0 Å². The topological polar surface area (TPSA) is 198 Å². The van der Waals surface area contributed by atoms with Crippen LogP contribution in [0, 0.1) is 0 Å². The van der Waals surface area contributed by atoms with E-state index < -0.39 is 132 Å². The number of aliphatic hydroxyl groups is 1. The summed E-state index contributed by atoms with van der Waals surface area (Å²) in [6.45, 7) is 3.35. The highest BCUT2D eigenvalue weighted by Gasteiger charge is 2.56. The first-order valence-electron chi connectivity index (χ1n) is 13.4. The zero-order chi connectivity index (χ0) is 33.8. The van der Waals surface area contributed by atoms with E-state index in [1.165, 1.54) is 6.08 Å². The molecule has 25 heteroatoms. The molecule has 0 amide bonds. The van der Waals surface area contributed by atoms with Crippen molar-refractivity contribution in [3.63, 3.8) is 0 Å². The third-order valence-electron chi connectivity index (χ3n) is 7.43. The maximum atomic E-state index is 12.7. The average Bonchev–Trinajstić information content (AvgIpc) is 3.05. The number of rotatable bonds is 19. The molecule has 0 saturated carbocycles. The molecule has 1 N–H and O–H groups in total. The smallest absolute Gasteiger partial charge is 0.187 e. The van der Waals surface area contributed by atoms with Gasteiger partial charge in [0.2, 0.25) is 0 Å². The Hall–Kier alpha value is 1.52. The van der Waals surface area contributed by atoms with Gasteiger partial charge in [-0.05, 0) is 0 Å². The summed E-state index contributed by atoms with van der Waals surface area (Å²) in [5.74, 6) is 0. The molecule has 3 aliphatic rings. The second-order valence-electron chi connectivity index (χ2n) is 10.0. The summed E-state index contributed by atoms with van der Waals surface area (Å²) in [6.07, 6.45) is -9.81. The molecule has 19 atom stereocenters. The van der Waals surface area contributed by atoms with Crippen molar-refractivity contribution < 1.29 is 74.4 Å². The number of hydrogen-bond acceptors (Lipinski definition) is 16. The second-order valence-corrected chi connectivity index (χ2v) is 15.3. The molecule has 260 valence electrons. The van der Waals surface area contributed by atoms with Gasteiger partial charge in [0.15, 0.2) is 61.2 Å². The number of ether oxygens (including phenoxy) is 6. The summed E-state index contributed by atoms with van der Waals surface area (Å²) in [5, 5.41) is 10.9. The lowest BCUT2D eigenvalue weighted by Crippen LogP contribution is -2.64. The van der Waals surface area contributed by atoms with Crippen molar-refractivity contribution in [3.05, 3.63) is 12.7 Å². The maximum Gasteiger partial charge on any atom is 0.187 e. The summed E-state index contributed by atoms with van der Waals surface area (Å²) in [5.41, 5.74) is -5.05. The Morgan fingerprint density at radius 2 is 1.04 bits per heavy atom. The van der Waals surface area contributed by atoms with Gasteiger partial charge < -0.3 is 51.6 Å². The normalized spacial score (nSPS) is 42.2. The average molecular weight is 822 g/mol. The van der Waals surface area contributed by atoms with Gasteiger partial charge in [0, 0.05) is 37.9 Å². The summed E-state index contributed by atoms with van der Waals surface area (Å²) in [7, 11) is 5.81. The van der Waals surface area contributed by atoms with Crippen molar-refractivity contribution >= 4 is 80.2 Å². The van der Waals surface area contributed by atoms with E-state index in [0.29, 0.717) is 0 Å². The zero-order valence-corrected chi connectivity index (χ0v) is 33.0. The van der Waals surface area contributed by atoms with Crippen LogP contribution in [-0.2, 0) is 69.3 Å². The third kappa shape index (κ3) is 10.1. The number of aliphatic hydroxyl groups excluding tert-OH is 1. The van der Waals surface area contributed by atoms with Crippen LogP contribution in [0.5, 0.6) is 0 Å². The SMILES string of the molecule is C=CCO[C@@H]1OC(COP)[C@@H](O[C@@H]2OC(COP)[C@H](O[C@H]3OC(COP)[C@H](P=O)C(O)[C@@H]3OP)C(P=O)[C@@H]2P=O)C(P=O)[C@@H]1P=O. The molecule has 16 nitrogen and oxygen atoms in total. The Morgan fingerprint density at radius 3 is 1.50 bits per heavy atom. The molecule has 0 spiro atoms. The van der Waals surface area contributed by atoms with Crippen molar-refractivity contribution in [1.82, 2.24) is 0 Å². The molecule has 3 rings (SSSR count). The molecular weight excluding hydrogens is 787 g/mol. The van der Waals surface area contributed by atoms with E-state index in [0.717, 1.165) is 0 Å². The molecule has 0 aliphatic carbocycles. The van der Waals surface area contributed by atoms with Crippen molar-refractivity contribution in [3.8, 4) is 0 Å². The Labute approximate surface area is 283 Å². The van der Waals surface area contributed by atoms with Gasteiger partial charge in [-0.1, -0.05) is 6.08 Å². The molecule has 3 aliphatic heterocycles. The predicted molar refractivity (Wildman–Crippen MR) is 176 cm³/mol. The molecular formula is C21H35O16P9. The minimum Gasteiger partial charge on any atom is -0.389 e. The van der Waals surface area contributed by atoms with Gasteiger partial charge in [-0.15, -0.1) is 6.58 Å². The monoisotopic (exact) mass is 822 g/mol. The first-order chi connectivity index (χ1) is 22.3. The summed E-state index contributed by atoms with van der Waals surface area (Å²) < 4.78 is 119. The molecule has 10 unspecified atom stereocenters. The lowest BCUT2D eigenvalue weighted by molar-refractivity contribution is -0.317. The zero-order valence-electron chi connectivity index (χ0n) is 23.9. The van der Waals surface area contributed by atoms with Crippen molar-refractivity contribution in [2.75, 3.05) is 26.4 Å². The summed E-state index contributed by atoms with van der Waals surface area (Å²) >= 11 is 0. The van der Waals surface area contributed by atoms with E-state index >= 15 is 0 Å². The van der Waals surface area contributed by atoms with Gasteiger partial charge in [0.25, 0.3) is 0 Å². The van der Waals surface area contributed by atoms with Crippen LogP contribution in [0.3, 0.4) is 0 Å². The van der Waals surface area contributed by atoms with Crippen LogP contribution in [0.1, 0.15) is 0 Å². The van der Waals surface area contributed by atoms with E-state index in [-0.39, 0.29) is 26.4 Å². The standard InChI is InChI=1S/C21H35O16P9/c1-2-3-28-20-17(45-26)15(43-24)12(7(32-20)4-29-38)36-21-18(46-27)16(44-25)11(8(33-21)5-30-39)35-19-13(37-41)10(22)14(42-23)9(34-19)6-31-40/h2,7-22H,1,3-6,38-41H2/t7?,8?,9?,10?,11-,12+,13-,14-,15?,16?,17-,18-,19+,20+,21-/m0/s1. The minimum absolute atomic E-state index is 0.0665. The van der Waals surface area contributed by atoms with Crippen LogP contribution >= 0.6 is 80.2 Å². The Balaban J connectivity index is 1.93. The third-order valence-corrected chi connectivity index (χ3v) is 13.0. The van der Waals surface area contributed by atoms with Gasteiger partial charge in [-0.3, -0.25) is 22.8 Å². The van der Waals surface area contributed by atoms with Crippen LogP contribution in [0.25, 0.3) is 0 Å². The van der Waals surface area contributed by atoms with Crippen molar-refractivity contribution in [2.24, 2.45) is 0 Å². The first kappa shape index (κ1) is 41.9. The van der Waals surface area contributed by atoms with Gasteiger partial charge in [-0.25, -0.2) is 0 Å². The quantitative estimate of drug-likeness (QED) is 0.147. The van der Waals surface area contributed by atoms with Crippen LogP contribution in [0.4, 0.5) is 0 Å². The highest BCUT2D eigenvalue weighted by molar-refractivity contribution is 7.30. The largest absolute Gasteiger partial charge is 0.389 e. The lowest BCUT2D eigenvalue weighted by Gasteiger charge is -2.48. The second kappa shape index (κ2) is 21.8. The molecule has 0 aromatic heterocycles.